The Bertz CT molecular complexity index is 1300. The van der Waals surface area contributed by atoms with Crippen molar-refractivity contribution in [3.05, 3.63) is 98.0 Å². The lowest BCUT2D eigenvalue weighted by Gasteiger charge is -2.31. The monoisotopic (exact) mass is 522 g/mol. The van der Waals surface area contributed by atoms with Gasteiger partial charge < -0.3 is 5.11 Å². The third kappa shape index (κ3) is 4.98. The quantitative estimate of drug-likeness (QED) is 0.394. The molecule has 0 bridgehead atoms. The van der Waals surface area contributed by atoms with E-state index in [1.165, 1.54) is 12.1 Å². The predicted octanol–water partition coefficient (Wildman–Crippen LogP) is 6.14. The number of ketones is 1. The number of carbonyl (C=O) groups excluding carboxylic acids is 1. The maximum absolute atomic E-state index is 13.6. The molecular formula is C25H21Cl3O4S. The van der Waals surface area contributed by atoms with E-state index in [9.17, 15) is 18.3 Å². The highest BCUT2D eigenvalue weighted by Gasteiger charge is 2.37. The first-order valence-corrected chi connectivity index (χ1v) is 13.1. The van der Waals surface area contributed by atoms with Crippen molar-refractivity contribution in [1.29, 1.82) is 0 Å². The molecule has 2 atom stereocenters. The van der Waals surface area contributed by atoms with Crippen molar-refractivity contribution in [2.45, 2.75) is 29.4 Å². The van der Waals surface area contributed by atoms with Crippen LogP contribution in [0.5, 0.6) is 0 Å². The van der Waals surface area contributed by atoms with Crippen molar-refractivity contribution >= 4 is 50.4 Å². The molecule has 172 valence electrons. The smallest absolute Gasteiger partial charge is 0.185 e. The SMILES string of the molecule is O=C(Cc1ccc2c(c1)C(S(=O)(=O)c1cccc(Cl)c1)C[C@H](CO)C2)c1c(Cl)cccc1Cl. The van der Waals surface area contributed by atoms with Crippen LogP contribution in [0.15, 0.2) is 65.6 Å². The molecule has 8 heteroatoms. The lowest BCUT2D eigenvalue weighted by atomic mass is 9.82. The summed E-state index contributed by atoms with van der Waals surface area (Å²) in [5.41, 5.74) is 2.42. The maximum atomic E-state index is 13.6. The molecule has 1 unspecified atom stereocenters. The molecule has 0 fully saturated rings. The highest BCUT2D eigenvalue weighted by molar-refractivity contribution is 7.91. The number of sulfone groups is 1. The lowest BCUT2D eigenvalue weighted by molar-refractivity contribution is 0.0993. The molecule has 1 aliphatic carbocycles. The Hall–Kier alpha value is -1.89. The zero-order chi connectivity index (χ0) is 23.8. The van der Waals surface area contributed by atoms with Gasteiger partial charge in [-0.15, -0.1) is 0 Å². The Labute approximate surface area is 208 Å². The van der Waals surface area contributed by atoms with E-state index < -0.39 is 15.1 Å². The zero-order valence-corrected chi connectivity index (χ0v) is 20.6. The maximum Gasteiger partial charge on any atom is 0.185 e. The Morgan fingerprint density at radius 3 is 2.33 bits per heavy atom. The summed E-state index contributed by atoms with van der Waals surface area (Å²) in [5.74, 6) is -0.422. The first-order chi connectivity index (χ1) is 15.7. The van der Waals surface area contributed by atoms with Crippen molar-refractivity contribution in [1.82, 2.24) is 0 Å². The molecule has 0 spiro atoms. The lowest BCUT2D eigenvalue weighted by Crippen LogP contribution is -2.27. The Kier molecular flexibility index (Phi) is 7.18. The molecular weight excluding hydrogens is 503 g/mol. The standard InChI is InChI=1S/C25H21Cl3O4S/c26-18-3-1-4-19(13-18)33(31,32)24-12-16(14-29)9-17-8-7-15(10-20(17)24)11-23(30)25-21(27)5-2-6-22(25)28/h1-8,10,13,16,24,29H,9,11-12,14H2/t16-,24?/m1/s1. The topological polar surface area (TPSA) is 71.4 Å². The Morgan fingerprint density at radius 2 is 1.67 bits per heavy atom. The number of aliphatic hydroxyl groups is 1. The number of hydrogen-bond acceptors (Lipinski definition) is 4. The van der Waals surface area contributed by atoms with Crippen molar-refractivity contribution in [2.75, 3.05) is 6.61 Å². The molecule has 33 heavy (non-hydrogen) atoms. The number of fused-ring (bicyclic) bond motifs is 1. The molecule has 0 saturated heterocycles. The van der Waals surface area contributed by atoms with Gasteiger partial charge in [0.2, 0.25) is 0 Å². The van der Waals surface area contributed by atoms with Crippen LogP contribution in [0.4, 0.5) is 0 Å². The van der Waals surface area contributed by atoms with Gasteiger partial charge in [-0.2, -0.15) is 0 Å². The molecule has 0 heterocycles. The van der Waals surface area contributed by atoms with E-state index in [1.54, 1.807) is 36.4 Å². The van der Waals surface area contributed by atoms with Crippen molar-refractivity contribution in [3.63, 3.8) is 0 Å². The van der Waals surface area contributed by atoms with Gasteiger partial charge in [-0.05, 0) is 65.8 Å². The fourth-order valence-corrected chi connectivity index (χ4v) is 7.17. The van der Waals surface area contributed by atoms with Gasteiger partial charge in [0, 0.05) is 18.1 Å². The second kappa shape index (κ2) is 9.77. The second-order valence-corrected chi connectivity index (χ2v) is 11.6. The van der Waals surface area contributed by atoms with Gasteiger partial charge in [0.15, 0.2) is 15.6 Å². The summed E-state index contributed by atoms with van der Waals surface area (Å²) in [5, 5.41) is 9.82. The molecule has 4 nitrogen and oxygen atoms in total. The van der Waals surface area contributed by atoms with E-state index >= 15 is 0 Å². The Morgan fingerprint density at radius 1 is 0.970 bits per heavy atom. The van der Waals surface area contributed by atoms with Crippen LogP contribution in [-0.2, 0) is 22.7 Å². The van der Waals surface area contributed by atoms with Gasteiger partial charge in [-0.3, -0.25) is 4.79 Å². The number of rotatable bonds is 6. The summed E-state index contributed by atoms with van der Waals surface area (Å²) >= 11 is 18.4. The van der Waals surface area contributed by atoms with E-state index in [4.69, 9.17) is 34.8 Å². The van der Waals surface area contributed by atoms with Crippen molar-refractivity contribution in [3.8, 4) is 0 Å². The van der Waals surface area contributed by atoms with Gasteiger partial charge >= 0.3 is 0 Å². The van der Waals surface area contributed by atoms with Gasteiger partial charge in [-0.25, -0.2) is 8.42 Å². The summed E-state index contributed by atoms with van der Waals surface area (Å²) in [6.07, 6.45) is 0.883. The van der Waals surface area contributed by atoms with E-state index in [2.05, 4.69) is 0 Å². The average Bonchev–Trinajstić information content (AvgIpc) is 2.78. The normalized spacial score (nSPS) is 18.1. The van der Waals surface area contributed by atoms with Crippen LogP contribution in [0.3, 0.4) is 0 Å². The third-order valence-electron chi connectivity index (χ3n) is 5.98. The minimum absolute atomic E-state index is 0.0318. The van der Waals surface area contributed by atoms with Gasteiger partial charge in [0.05, 0.1) is 25.8 Å². The molecule has 0 aliphatic heterocycles. The van der Waals surface area contributed by atoms with Crippen LogP contribution < -0.4 is 0 Å². The Balaban J connectivity index is 1.73. The average molecular weight is 524 g/mol. The van der Waals surface area contributed by atoms with Gasteiger partial charge in [0.1, 0.15) is 0 Å². The molecule has 1 N–H and O–H groups in total. The predicted molar refractivity (Wildman–Crippen MR) is 131 cm³/mol. The summed E-state index contributed by atoms with van der Waals surface area (Å²) in [7, 11) is -3.77. The van der Waals surface area contributed by atoms with E-state index in [1.807, 2.05) is 12.1 Å². The van der Waals surface area contributed by atoms with Crippen LogP contribution in [0.2, 0.25) is 15.1 Å². The van der Waals surface area contributed by atoms with E-state index in [0.29, 0.717) is 22.6 Å². The summed E-state index contributed by atoms with van der Waals surface area (Å²) in [6.45, 7) is -0.105. The number of carbonyl (C=O) groups is 1. The van der Waals surface area contributed by atoms with Crippen LogP contribution in [0.1, 0.15) is 38.7 Å². The number of halogens is 3. The van der Waals surface area contributed by atoms with Crippen molar-refractivity contribution < 1.29 is 18.3 Å². The van der Waals surface area contributed by atoms with Crippen LogP contribution >= 0.6 is 34.8 Å². The van der Waals surface area contributed by atoms with Crippen LogP contribution in [-0.4, -0.2) is 25.9 Å². The summed E-state index contributed by atoms with van der Waals surface area (Å²) < 4.78 is 27.1. The minimum atomic E-state index is -3.77. The number of Topliss-reactive ketones (excluding diaryl/α,β-unsaturated/α-hetero) is 1. The molecule has 0 aromatic heterocycles. The number of hydrogen-bond donors (Lipinski definition) is 1. The second-order valence-electron chi connectivity index (χ2n) is 8.21. The molecule has 0 radical (unpaired) electrons. The molecule has 3 aromatic rings. The van der Waals surface area contributed by atoms with Gasteiger partial charge in [0.25, 0.3) is 0 Å². The third-order valence-corrected chi connectivity index (χ3v) is 8.95. The first kappa shape index (κ1) is 24.2. The summed E-state index contributed by atoms with van der Waals surface area (Å²) in [4.78, 5) is 13.1. The largest absolute Gasteiger partial charge is 0.396 e. The molecule has 0 amide bonds. The highest BCUT2D eigenvalue weighted by Crippen LogP contribution is 2.42. The highest BCUT2D eigenvalue weighted by atomic mass is 35.5. The fourth-order valence-electron chi connectivity index (χ4n) is 4.34. The molecule has 0 saturated carbocycles. The molecule has 1 aliphatic rings. The fraction of sp³-hybridized carbons (Fsp3) is 0.240. The molecule has 3 aromatic carbocycles. The van der Waals surface area contributed by atoms with Crippen LogP contribution in [0.25, 0.3) is 0 Å². The molecule has 4 rings (SSSR count). The van der Waals surface area contributed by atoms with Crippen molar-refractivity contribution in [2.24, 2.45) is 5.92 Å². The van der Waals surface area contributed by atoms with Gasteiger partial charge in [-0.1, -0.05) is 65.1 Å². The number of benzene rings is 3. The first-order valence-electron chi connectivity index (χ1n) is 10.4. The van der Waals surface area contributed by atoms with E-state index in [0.717, 1.165) is 5.56 Å². The zero-order valence-electron chi connectivity index (χ0n) is 17.5. The van der Waals surface area contributed by atoms with E-state index in [-0.39, 0.29) is 51.7 Å². The summed E-state index contributed by atoms with van der Waals surface area (Å²) in [6, 6.07) is 16.5. The number of aliphatic hydroxyl groups excluding tert-OH is 1. The minimum Gasteiger partial charge on any atom is -0.396 e. The van der Waals surface area contributed by atoms with Crippen LogP contribution in [0, 0.1) is 5.92 Å².